The molecule has 1 aliphatic carbocycles. The van der Waals surface area contributed by atoms with Crippen LogP contribution in [0.25, 0.3) is 0 Å². The normalized spacial score (nSPS) is 24.1. The average Bonchev–Trinajstić information content (AvgIpc) is 3.44. The van der Waals surface area contributed by atoms with Crippen LogP contribution in [0.5, 0.6) is 0 Å². The second-order valence-corrected chi connectivity index (χ2v) is 9.01. The van der Waals surface area contributed by atoms with Gasteiger partial charge < -0.3 is 5.32 Å². The smallest absolute Gasteiger partial charge is 0.237 e. The summed E-state index contributed by atoms with van der Waals surface area (Å²) in [5, 5.41) is 14.8. The number of likely N-dealkylation sites (tertiary alicyclic amines) is 1. The molecule has 2 heterocycles. The highest BCUT2D eigenvalue weighted by Crippen LogP contribution is 2.32. The van der Waals surface area contributed by atoms with Crippen LogP contribution in [0.2, 0.25) is 0 Å². The van der Waals surface area contributed by atoms with Crippen molar-refractivity contribution < 1.29 is 4.79 Å². The first kappa shape index (κ1) is 21.4. The average molecular weight is 421 g/mol. The van der Waals surface area contributed by atoms with Crippen molar-refractivity contribution in [1.82, 2.24) is 30.4 Å². The summed E-state index contributed by atoms with van der Waals surface area (Å²) in [6.45, 7) is 10.4. The second kappa shape index (κ2) is 9.56. The predicted molar refractivity (Wildman–Crippen MR) is 120 cm³/mol. The van der Waals surface area contributed by atoms with Crippen molar-refractivity contribution in [3.63, 3.8) is 0 Å². The van der Waals surface area contributed by atoms with Gasteiger partial charge in [-0.15, -0.1) is 5.10 Å². The number of carbonyl (C=O) groups excluding carboxylic acids is 1. The zero-order chi connectivity index (χ0) is 21.8. The van der Waals surface area contributed by atoms with E-state index < -0.39 is 0 Å². The van der Waals surface area contributed by atoms with Gasteiger partial charge in [-0.2, -0.15) is 0 Å². The molecule has 1 aliphatic heterocycles. The Kier molecular flexibility index (Phi) is 6.61. The maximum Gasteiger partial charge on any atom is 0.237 e. The van der Waals surface area contributed by atoms with E-state index >= 15 is 0 Å². The lowest BCUT2D eigenvalue weighted by Crippen LogP contribution is -2.43. The van der Waals surface area contributed by atoms with Gasteiger partial charge in [-0.25, -0.2) is 4.68 Å². The third-order valence-corrected chi connectivity index (χ3v) is 6.62. The number of amides is 1. The van der Waals surface area contributed by atoms with E-state index in [1.807, 2.05) is 0 Å². The zero-order valence-electron chi connectivity index (χ0n) is 18.5. The number of hydrogen-bond donors (Lipinski definition) is 1. The summed E-state index contributed by atoms with van der Waals surface area (Å²) in [6, 6.07) is 8.21. The third kappa shape index (κ3) is 5.28. The van der Waals surface area contributed by atoms with Crippen LogP contribution in [0.3, 0.4) is 0 Å². The monoisotopic (exact) mass is 420 g/mol. The van der Waals surface area contributed by atoms with Gasteiger partial charge in [0.15, 0.2) is 0 Å². The van der Waals surface area contributed by atoms with E-state index in [4.69, 9.17) is 0 Å². The number of allylic oxidation sites excluding steroid dienone is 2. The van der Waals surface area contributed by atoms with Crippen LogP contribution in [-0.2, 0) is 11.3 Å². The van der Waals surface area contributed by atoms with Crippen molar-refractivity contribution in [2.45, 2.75) is 58.2 Å². The van der Waals surface area contributed by atoms with Crippen LogP contribution in [0.1, 0.15) is 49.8 Å². The van der Waals surface area contributed by atoms with E-state index in [1.54, 1.807) is 11.0 Å². The van der Waals surface area contributed by atoms with Gasteiger partial charge >= 0.3 is 0 Å². The molecule has 0 spiro atoms. The minimum atomic E-state index is -0.181. The van der Waals surface area contributed by atoms with Gasteiger partial charge in [0, 0.05) is 19.6 Å². The van der Waals surface area contributed by atoms with Gasteiger partial charge in [0.2, 0.25) is 5.91 Å². The van der Waals surface area contributed by atoms with Crippen molar-refractivity contribution in [1.29, 1.82) is 0 Å². The SMILES string of the molecule is C=C(C)[C@@H]1CC=C(CN2C[C@@H](n3cnnn3)C[C@H]2C(=O)NCc2ccc(C)cc2)CC1. The molecule has 1 aromatic heterocycles. The first-order chi connectivity index (χ1) is 15.0. The molecule has 7 nitrogen and oxygen atoms in total. The quantitative estimate of drug-likeness (QED) is 0.696. The van der Waals surface area contributed by atoms with Crippen molar-refractivity contribution >= 4 is 5.91 Å². The molecule has 1 N–H and O–H groups in total. The van der Waals surface area contributed by atoms with Crippen molar-refractivity contribution in [2.75, 3.05) is 13.1 Å². The molecule has 0 bridgehead atoms. The Morgan fingerprint density at radius 2 is 2.10 bits per heavy atom. The van der Waals surface area contributed by atoms with Gasteiger partial charge in [0.05, 0.1) is 12.1 Å². The molecule has 3 atom stereocenters. The molecule has 1 aromatic carbocycles. The zero-order valence-corrected chi connectivity index (χ0v) is 18.5. The fourth-order valence-corrected chi connectivity index (χ4v) is 4.61. The third-order valence-electron chi connectivity index (χ3n) is 6.62. The van der Waals surface area contributed by atoms with E-state index in [0.717, 1.165) is 37.9 Å². The highest BCUT2D eigenvalue weighted by Gasteiger charge is 2.38. The minimum Gasteiger partial charge on any atom is -0.351 e. The summed E-state index contributed by atoms with van der Waals surface area (Å²) in [4.78, 5) is 15.4. The lowest BCUT2D eigenvalue weighted by molar-refractivity contribution is -0.125. The van der Waals surface area contributed by atoms with E-state index in [9.17, 15) is 4.79 Å². The predicted octanol–water partition coefficient (Wildman–Crippen LogP) is 3.22. The van der Waals surface area contributed by atoms with Crippen LogP contribution in [-0.4, -0.2) is 50.1 Å². The van der Waals surface area contributed by atoms with E-state index in [1.165, 1.54) is 16.7 Å². The number of nitrogens with zero attached hydrogens (tertiary/aromatic N) is 5. The summed E-state index contributed by atoms with van der Waals surface area (Å²) >= 11 is 0. The highest BCUT2D eigenvalue weighted by atomic mass is 16.2. The largest absolute Gasteiger partial charge is 0.351 e. The van der Waals surface area contributed by atoms with Gasteiger partial charge in [-0.05, 0) is 61.4 Å². The molecule has 4 rings (SSSR count). The van der Waals surface area contributed by atoms with Crippen LogP contribution in [0.4, 0.5) is 0 Å². The van der Waals surface area contributed by atoms with Crippen molar-refractivity contribution in [3.05, 3.63) is 65.5 Å². The summed E-state index contributed by atoms with van der Waals surface area (Å²) in [5.41, 5.74) is 5.02. The molecule has 31 heavy (non-hydrogen) atoms. The number of tetrazole rings is 1. The molecule has 7 heteroatoms. The molecule has 0 unspecified atom stereocenters. The Labute approximate surface area is 184 Å². The number of nitrogens with one attached hydrogen (secondary N) is 1. The number of rotatable bonds is 7. The fourth-order valence-electron chi connectivity index (χ4n) is 4.61. The number of hydrogen-bond acceptors (Lipinski definition) is 5. The number of benzene rings is 1. The first-order valence-corrected chi connectivity index (χ1v) is 11.1. The molecule has 2 aliphatic rings. The maximum absolute atomic E-state index is 13.1. The molecular formula is C24H32N6O. The summed E-state index contributed by atoms with van der Waals surface area (Å²) in [6.07, 6.45) is 7.99. The Balaban J connectivity index is 1.43. The van der Waals surface area contributed by atoms with E-state index in [-0.39, 0.29) is 18.0 Å². The lowest BCUT2D eigenvalue weighted by Gasteiger charge is -2.28. The maximum atomic E-state index is 13.1. The molecule has 1 amide bonds. The van der Waals surface area contributed by atoms with Crippen molar-refractivity contribution in [3.8, 4) is 0 Å². The number of aromatic nitrogens is 4. The molecular weight excluding hydrogens is 388 g/mol. The minimum absolute atomic E-state index is 0.0763. The second-order valence-electron chi connectivity index (χ2n) is 9.01. The number of aryl methyl sites for hydroxylation is 1. The van der Waals surface area contributed by atoms with Gasteiger partial charge in [0.1, 0.15) is 6.33 Å². The molecule has 0 saturated carbocycles. The first-order valence-electron chi connectivity index (χ1n) is 11.1. The molecule has 1 saturated heterocycles. The topological polar surface area (TPSA) is 75.9 Å². The standard InChI is InChI=1S/C24H32N6O/c1-17(2)21-10-8-20(9-11-21)14-29-15-22(30-16-26-27-28-30)12-23(29)24(31)25-13-19-6-4-18(3)5-7-19/h4-8,16,21-23H,1,9-15H2,2-3H3,(H,25,31)/t21-,22+,23+/m1/s1. The number of carbonyl (C=O) groups is 1. The Hall–Kier alpha value is -2.80. The van der Waals surface area contributed by atoms with E-state index in [2.05, 4.69) is 76.5 Å². The molecule has 0 radical (unpaired) electrons. The summed E-state index contributed by atoms with van der Waals surface area (Å²) in [7, 11) is 0. The Morgan fingerprint density at radius 1 is 1.29 bits per heavy atom. The van der Waals surface area contributed by atoms with Gasteiger partial charge in [-0.3, -0.25) is 9.69 Å². The van der Waals surface area contributed by atoms with Crippen LogP contribution < -0.4 is 5.32 Å². The van der Waals surface area contributed by atoms with E-state index in [0.29, 0.717) is 18.9 Å². The highest BCUT2D eigenvalue weighted by molar-refractivity contribution is 5.82. The van der Waals surface area contributed by atoms with Gasteiger partial charge in [-0.1, -0.05) is 53.6 Å². The molecule has 164 valence electrons. The van der Waals surface area contributed by atoms with Crippen LogP contribution >= 0.6 is 0 Å². The van der Waals surface area contributed by atoms with Crippen molar-refractivity contribution in [2.24, 2.45) is 5.92 Å². The summed E-state index contributed by atoms with van der Waals surface area (Å²) in [5.74, 6) is 0.664. The molecule has 1 fully saturated rings. The van der Waals surface area contributed by atoms with Crippen LogP contribution in [0.15, 0.2) is 54.4 Å². The Bertz CT molecular complexity index is 933. The van der Waals surface area contributed by atoms with Gasteiger partial charge in [0.25, 0.3) is 0 Å². The summed E-state index contributed by atoms with van der Waals surface area (Å²) < 4.78 is 1.78. The van der Waals surface area contributed by atoms with Crippen LogP contribution in [0, 0.1) is 12.8 Å². The lowest BCUT2D eigenvalue weighted by atomic mass is 9.85. The fraction of sp³-hybridized carbons (Fsp3) is 0.500. The molecule has 2 aromatic rings. The Morgan fingerprint density at radius 3 is 2.74 bits per heavy atom.